The van der Waals surface area contributed by atoms with Crippen LogP contribution in [-0.4, -0.2) is 5.11 Å². The molecule has 1 nitrogen and oxygen atoms in total. The highest BCUT2D eigenvalue weighted by Crippen LogP contribution is 2.44. The van der Waals surface area contributed by atoms with Crippen LogP contribution < -0.4 is 0 Å². The molecule has 0 fully saturated rings. The third kappa shape index (κ3) is 1.66. The molecule has 0 spiro atoms. The predicted octanol–water partition coefficient (Wildman–Crippen LogP) is 4.14. The highest BCUT2D eigenvalue weighted by Gasteiger charge is 2.26. The van der Waals surface area contributed by atoms with Gasteiger partial charge in [-0.25, -0.2) is 0 Å². The van der Waals surface area contributed by atoms with Crippen molar-refractivity contribution in [2.24, 2.45) is 0 Å². The lowest BCUT2D eigenvalue weighted by Gasteiger charge is -2.28. The third-order valence-corrected chi connectivity index (χ3v) is 4.26. The molecule has 1 aliphatic carbocycles. The molecule has 2 unspecified atom stereocenters. The van der Waals surface area contributed by atoms with Crippen LogP contribution in [0.4, 0.5) is 0 Å². The van der Waals surface area contributed by atoms with Crippen molar-refractivity contribution in [3.8, 4) is 0 Å². The molecular formula is C11H12Br2O. The summed E-state index contributed by atoms with van der Waals surface area (Å²) in [7, 11) is 0. The lowest BCUT2D eigenvalue weighted by atomic mass is 9.82. The first-order valence-electron chi connectivity index (χ1n) is 4.77. The molecule has 0 bridgehead atoms. The molecule has 0 aliphatic heterocycles. The zero-order chi connectivity index (χ0) is 10.3. The van der Waals surface area contributed by atoms with E-state index in [1.807, 2.05) is 12.1 Å². The summed E-state index contributed by atoms with van der Waals surface area (Å²) in [6.45, 7) is 2.21. The van der Waals surface area contributed by atoms with Crippen LogP contribution in [0.25, 0.3) is 0 Å². The van der Waals surface area contributed by atoms with Crippen LogP contribution in [0.2, 0.25) is 0 Å². The van der Waals surface area contributed by atoms with Gasteiger partial charge in [-0.05, 0) is 42.0 Å². The van der Waals surface area contributed by atoms with E-state index >= 15 is 0 Å². The minimum absolute atomic E-state index is 0.312. The Morgan fingerprint density at radius 1 is 1.14 bits per heavy atom. The maximum atomic E-state index is 9.93. The average molecular weight is 320 g/mol. The van der Waals surface area contributed by atoms with Crippen molar-refractivity contribution >= 4 is 31.9 Å². The minimum atomic E-state index is -0.312. The van der Waals surface area contributed by atoms with E-state index in [1.54, 1.807) is 0 Å². The van der Waals surface area contributed by atoms with Gasteiger partial charge in [0.15, 0.2) is 0 Å². The van der Waals surface area contributed by atoms with Gasteiger partial charge < -0.3 is 5.11 Å². The van der Waals surface area contributed by atoms with Gasteiger partial charge in [0.25, 0.3) is 0 Å². The van der Waals surface area contributed by atoms with Crippen LogP contribution in [0.5, 0.6) is 0 Å². The second-order valence-electron chi connectivity index (χ2n) is 3.85. The van der Waals surface area contributed by atoms with Crippen LogP contribution in [0.3, 0.4) is 0 Å². The second-order valence-corrected chi connectivity index (χ2v) is 5.56. The summed E-state index contributed by atoms with van der Waals surface area (Å²) in [4.78, 5) is 0. The van der Waals surface area contributed by atoms with E-state index < -0.39 is 0 Å². The number of benzene rings is 1. The fourth-order valence-corrected chi connectivity index (χ4v) is 3.47. The molecule has 0 aromatic heterocycles. The summed E-state index contributed by atoms with van der Waals surface area (Å²) in [5.41, 5.74) is 2.33. The average Bonchev–Trinajstić information content (AvgIpc) is 2.16. The fraction of sp³-hybridized carbons (Fsp3) is 0.455. The normalized spacial score (nSPS) is 26.0. The van der Waals surface area contributed by atoms with Gasteiger partial charge in [-0.1, -0.05) is 38.8 Å². The summed E-state index contributed by atoms with van der Waals surface area (Å²) < 4.78 is 2.14. The molecule has 0 radical (unpaired) electrons. The maximum absolute atomic E-state index is 9.93. The van der Waals surface area contributed by atoms with Crippen LogP contribution >= 0.6 is 31.9 Å². The summed E-state index contributed by atoms with van der Waals surface area (Å²) in [5.74, 6) is 0.528. The molecule has 1 N–H and O–H groups in total. The van der Waals surface area contributed by atoms with Crippen molar-refractivity contribution in [2.45, 2.75) is 31.8 Å². The van der Waals surface area contributed by atoms with Gasteiger partial charge in [-0.2, -0.15) is 0 Å². The summed E-state index contributed by atoms with van der Waals surface area (Å²) in [6.07, 6.45) is 1.61. The molecule has 14 heavy (non-hydrogen) atoms. The van der Waals surface area contributed by atoms with Gasteiger partial charge in [0.1, 0.15) is 0 Å². The molecule has 1 aliphatic rings. The third-order valence-electron chi connectivity index (χ3n) is 2.88. The predicted molar refractivity (Wildman–Crippen MR) is 64.5 cm³/mol. The SMILES string of the molecule is CC1CCC(O)c2c(Br)ccc(Br)c21. The van der Waals surface area contributed by atoms with Crippen molar-refractivity contribution < 1.29 is 5.11 Å². The number of aliphatic hydroxyl groups excluding tert-OH is 1. The zero-order valence-corrected chi connectivity index (χ0v) is 11.1. The van der Waals surface area contributed by atoms with Gasteiger partial charge >= 0.3 is 0 Å². The van der Waals surface area contributed by atoms with E-state index in [9.17, 15) is 5.11 Å². The fourth-order valence-electron chi connectivity index (χ4n) is 2.12. The molecule has 2 atom stereocenters. The molecular weight excluding hydrogens is 308 g/mol. The molecule has 2 rings (SSSR count). The van der Waals surface area contributed by atoms with E-state index in [0.29, 0.717) is 5.92 Å². The first kappa shape index (κ1) is 10.7. The first-order valence-corrected chi connectivity index (χ1v) is 6.35. The van der Waals surface area contributed by atoms with Crippen molar-refractivity contribution in [2.75, 3.05) is 0 Å². The molecule has 3 heteroatoms. The largest absolute Gasteiger partial charge is 0.388 e. The number of rotatable bonds is 0. The standard InChI is InChI=1S/C11H12Br2O/c1-6-2-5-9(14)11-8(13)4-3-7(12)10(6)11/h3-4,6,9,14H,2,5H2,1H3. The Kier molecular flexibility index (Phi) is 3.01. The highest BCUT2D eigenvalue weighted by molar-refractivity contribution is 9.11. The Bertz CT molecular complexity index is 328. The van der Waals surface area contributed by atoms with Gasteiger partial charge in [-0.3, -0.25) is 0 Å². The zero-order valence-electron chi connectivity index (χ0n) is 7.93. The van der Waals surface area contributed by atoms with Crippen LogP contribution in [0.1, 0.15) is 42.9 Å². The van der Waals surface area contributed by atoms with E-state index in [0.717, 1.165) is 27.4 Å². The monoisotopic (exact) mass is 318 g/mol. The lowest BCUT2D eigenvalue weighted by molar-refractivity contribution is 0.150. The smallest absolute Gasteiger partial charge is 0.0804 e. The van der Waals surface area contributed by atoms with Crippen LogP contribution in [0.15, 0.2) is 21.1 Å². The number of fused-ring (bicyclic) bond motifs is 1. The van der Waals surface area contributed by atoms with E-state index in [4.69, 9.17) is 0 Å². The van der Waals surface area contributed by atoms with E-state index in [1.165, 1.54) is 5.56 Å². The molecule has 76 valence electrons. The van der Waals surface area contributed by atoms with Crippen molar-refractivity contribution in [1.82, 2.24) is 0 Å². The van der Waals surface area contributed by atoms with Crippen LogP contribution in [0, 0.1) is 0 Å². The van der Waals surface area contributed by atoms with Crippen LogP contribution in [-0.2, 0) is 0 Å². The van der Waals surface area contributed by atoms with Gasteiger partial charge in [0.05, 0.1) is 6.10 Å². The molecule has 1 aromatic rings. The topological polar surface area (TPSA) is 20.2 Å². The summed E-state index contributed by atoms with van der Waals surface area (Å²) >= 11 is 7.06. The van der Waals surface area contributed by atoms with E-state index in [2.05, 4.69) is 38.8 Å². The van der Waals surface area contributed by atoms with Crippen molar-refractivity contribution in [3.63, 3.8) is 0 Å². The first-order chi connectivity index (χ1) is 6.61. The Morgan fingerprint density at radius 2 is 1.71 bits per heavy atom. The lowest BCUT2D eigenvalue weighted by Crippen LogP contribution is -2.13. The summed E-state index contributed by atoms with van der Waals surface area (Å²) in [5, 5.41) is 9.93. The Hall–Kier alpha value is 0.140. The number of aliphatic hydroxyl groups is 1. The maximum Gasteiger partial charge on any atom is 0.0804 e. The van der Waals surface area contributed by atoms with Gasteiger partial charge in [0.2, 0.25) is 0 Å². The minimum Gasteiger partial charge on any atom is -0.388 e. The van der Waals surface area contributed by atoms with Gasteiger partial charge in [0, 0.05) is 8.95 Å². The van der Waals surface area contributed by atoms with Crippen molar-refractivity contribution in [3.05, 3.63) is 32.2 Å². The Labute approximate surface area is 101 Å². The molecule has 0 heterocycles. The number of hydrogen-bond acceptors (Lipinski definition) is 1. The number of halogens is 2. The molecule has 0 saturated carbocycles. The molecule has 0 saturated heterocycles. The van der Waals surface area contributed by atoms with E-state index in [-0.39, 0.29) is 6.10 Å². The van der Waals surface area contributed by atoms with Gasteiger partial charge in [-0.15, -0.1) is 0 Å². The second kappa shape index (κ2) is 3.95. The molecule has 0 amide bonds. The Morgan fingerprint density at radius 3 is 2.29 bits per heavy atom. The Balaban J connectivity index is 2.65. The number of hydrogen-bond donors (Lipinski definition) is 1. The highest BCUT2D eigenvalue weighted by atomic mass is 79.9. The molecule has 1 aromatic carbocycles. The van der Waals surface area contributed by atoms with Crippen molar-refractivity contribution in [1.29, 1.82) is 0 Å². The summed E-state index contributed by atoms with van der Waals surface area (Å²) in [6, 6.07) is 4.03. The quantitative estimate of drug-likeness (QED) is 0.762.